The lowest BCUT2D eigenvalue weighted by atomic mass is 10.2. The average molecular weight is 222 g/mol. The van der Waals surface area contributed by atoms with Gasteiger partial charge in [0.15, 0.2) is 0 Å². The molecule has 1 aliphatic heterocycles. The number of hydrogen-bond acceptors (Lipinski definition) is 5. The van der Waals surface area contributed by atoms with Crippen molar-refractivity contribution in [3.8, 4) is 0 Å². The van der Waals surface area contributed by atoms with Gasteiger partial charge in [-0.15, -0.1) is 0 Å². The van der Waals surface area contributed by atoms with Crippen LogP contribution >= 0.6 is 8.60 Å². The molecule has 0 amide bonds. The Kier molecular flexibility index (Phi) is 5.33. The first kappa shape index (κ1) is 11.9. The van der Waals surface area contributed by atoms with E-state index in [-0.39, 0.29) is 18.5 Å². The third kappa shape index (κ3) is 4.33. The number of hydrogen-bond donors (Lipinski definition) is 0. The molecule has 0 saturated carbocycles. The van der Waals surface area contributed by atoms with Crippen LogP contribution in [-0.4, -0.2) is 32.4 Å². The number of rotatable bonds is 5. The van der Waals surface area contributed by atoms with Crippen LogP contribution in [0.5, 0.6) is 0 Å². The van der Waals surface area contributed by atoms with Gasteiger partial charge in [0.25, 0.3) is 0 Å². The fourth-order valence-corrected chi connectivity index (χ4v) is 1.65. The van der Waals surface area contributed by atoms with Crippen molar-refractivity contribution in [2.24, 2.45) is 5.92 Å². The summed E-state index contributed by atoms with van der Waals surface area (Å²) >= 11 is 0. The summed E-state index contributed by atoms with van der Waals surface area (Å²) in [6.07, 6.45) is 0. The average Bonchev–Trinajstić information content (AvgIpc) is 2.64. The van der Waals surface area contributed by atoms with E-state index >= 15 is 0 Å². The van der Waals surface area contributed by atoms with Crippen molar-refractivity contribution in [2.75, 3.05) is 26.4 Å². The zero-order chi connectivity index (χ0) is 10.4. The first-order valence-electron chi connectivity index (χ1n) is 4.55. The lowest BCUT2D eigenvalue weighted by molar-refractivity contribution is -0.148. The van der Waals surface area contributed by atoms with Crippen molar-refractivity contribution in [2.45, 2.75) is 13.8 Å². The highest BCUT2D eigenvalue weighted by atomic mass is 31.2. The molecule has 0 aromatic rings. The third-order valence-electron chi connectivity index (χ3n) is 1.47. The maximum absolute atomic E-state index is 11.0. The van der Waals surface area contributed by atoms with Gasteiger partial charge in [0.1, 0.15) is 6.61 Å². The highest BCUT2D eigenvalue weighted by Crippen LogP contribution is 2.43. The van der Waals surface area contributed by atoms with Crippen molar-refractivity contribution in [3.63, 3.8) is 0 Å². The summed E-state index contributed by atoms with van der Waals surface area (Å²) in [4.78, 5) is 11.0. The summed E-state index contributed by atoms with van der Waals surface area (Å²) in [5.74, 6) is -0.311. The van der Waals surface area contributed by atoms with Crippen molar-refractivity contribution in [3.05, 3.63) is 0 Å². The normalized spacial score (nSPS) is 17.6. The van der Waals surface area contributed by atoms with Gasteiger partial charge < -0.3 is 18.3 Å². The molecular weight excluding hydrogens is 207 g/mol. The molecule has 6 heteroatoms. The second-order valence-corrected chi connectivity index (χ2v) is 4.27. The maximum Gasteiger partial charge on any atom is 0.332 e. The van der Waals surface area contributed by atoms with E-state index in [0.29, 0.717) is 19.8 Å². The Bertz CT molecular complexity index is 179. The molecule has 0 spiro atoms. The molecular formula is C8H15O5P. The summed E-state index contributed by atoms with van der Waals surface area (Å²) in [6, 6.07) is 0. The van der Waals surface area contributed by atoms with Crippen LogP contribution in [0.1, 0.15) is 13.8 Å². The summed E-state index contributed by atoms with van der Waals surface area (Å²) in [5.41, 5.74) is 0. The lowest BCUT2D eigenvalue weighted by Gasteiger charge is -2.09. The first-order chi connectivity index (χ1) is 6.70. The van der Waals surface area contributed by atoms with Gasteiger partial charge in [-0.2, -0.15) is 0 Å². The standard InChI is InChI=1S/C8H15O5P/c1-7(2)8(9)10-3-4-11-14-12-5-6-13-14/h7H,3-6H2,1-2H3. The molecule has 82 valence electrons. The van der Waals surface area contributed by atoms with Gasteiger partial charge in [-0.05, 0) is 0 Å². The van der Waals surface area contributed by atoms with Crippen LogP contribution in [0.15, 0.2) is 0 Å². The fourth-order valence-electron chi connectivity index (χ4n) is 0.756. The topological polar surface area (TPSA) is 54.0 Å². The molecule has 0 aromatic heterocycles. The summed E-state index contributed by atoms with van der Waals surface area (Å²) < 4.78 is 20.2. The first-order valence-corrected chi connectivity index (χ1v) is 5.65. The molecule has 0 aromatic carbocycles. The van der Waals surface area contributed by atoms with Crippen LogP contribution in [0.25, 0.3) is 0 Å². The Hall–Kier alpha value is -0.220. The van der Waals surface area contributed by atoms with Gasteiger partial charge in [0.2, 0.25) is 0 Å². The van der Waals surface area contributed by atoms with Crippen molar-refractivity contribution >= 4 is 14.6 Å². The van der Waals surface area contributed by atoms with Gasteiger partial charge in [0.05, 0.1) is 25.7 Å². The van der Waals surface area contributed by atoms with Crippen molar-refractivity contribution in [1.29, 1.82) is 0 Å². The Labute approximate surface area is 84.7 Å². The van der Waals surface area contributed by atoms with E-state index in [1.54, 1.807) is 13.8 Å². The third-order valence-corrected chi connectivity index (χ3v) is 2.65. The lowest BCUT2D eigenvalue weighted by Crippen LogP contribution is -2.14. The molecule has 0 unspecified atom stereocenters. The molecule has 1 rings (SSSR count). The van der Waals surface area contributed by atoms with Gasteiger partial charge in [-0.3, -0.25) is 4.79 Å². The van der Waals surface area contributed by atoms with Crippen LogP contribution in [-0.2, 0) is 23.1 Å². The molecule has 0 N–H and O–H groups in total. The summed E-state index contributed by atoms with van der Waals surface area (Å²) in [6.45, 7) is 5.31. The van der Waals surface area contributed by atoms with Crippen LogP contribution < -0.4 is 0 Å². The zero-order valence-corrected chi connectivity index (χ0v) is 9.29. The minimum Gasteiger partial charge on any atom is -0.463 e. The minimum absolute atomic E-state index is 0.0975. The molecule has 1 heterocycles. The van der Waals surface area contributed by atoms with Crippen molar-refractivity contribution in [1.82, 2.24) is 0 Å². The highest BCUT2D eigenvalue weighted by molar-refractivity contribution is 7.41. The van der Waals surface area contributed by atoms with Gasteiger partial charge in [-0.1, -0.05) is 13.8 Å². The second kappa shape index (κ2) is 6.30. The summed E-state index contributed by atoms with van der Waals surface area (Å²) in [5, 5.41) is 0. The molecule has 1 fully saturated rings. The van der Waals surface area contributed by atoms with Crippen molar-refractivity contribution < 1.29 is 23.1 Å². The molecule has 0 aliphatic carbocycles. The number of carbonyl (C=O) groups is 1. The molecule has 1 aliphatic rings. The van der Waals surface area contributed by atoms with E-state index in [1.807, 2.05) is 0 Å². The number of esters is 1. The number of carbonyl (C=O) groups excluding carboxylic acids is 1. The highest BCUT2D eigenvalue weighted by Gasteiger charge is 2.18. The van der Waals surface area contributed by atoms with Gasteiger partial charge in [0, 0.05) is 0 Å². The van der Waals surface area contributed by atoms with Crippen LogP contribution in [0.2, 0.25) is 0 Å². The van der Waals surface area contributed by atoms with Gasteiger partial charge in [-0.25, -0.2) is 0 Å². The monoisotopic (exact) mass is 222 g/mol. The van der Waals surface area contributed by atoms with E-state index in [0.717, 1.165) is 0 Å². The molecule has 5 nitrogen and oxygen atoms in total. The second-order valence-electron chi connectivity index (χ2n) is 3.05. The predicted molar refractivity (Wildman–Crippen MR) is 50.6 cm³/mol. The Balaban J connectivity index is 1.96. The molecule has 14 heavy (non-hydrogen) atoms. The van der Waals surface area contributed by atoms with E-state index in [9.17, 15) is 4.79 Å². The van der Waals surface area contributed by atoms with Crippen LogP contribution in [0.4, 0.5) is 0 Å². The smallest absolute Gasteiger partial charge is 0.332 e. The van der Waals surface area contributed by atoms with Crippen LogP contribution in [0, 0.1) is 5.92 Å². The molecule has 0 bridgehead atoms. The van der Waals surface area contributed by atoms with E-state index in [1.165, 1.54) is 0 Å². The van der Waals surface area contributed by atoms with E-state index < -0.39 is 8.60 Å². The van der Waals surface area contributed by atoms with E-state index in [4.69, 9.17) is 18.3 Å². The summed E-state index contributed by atoms with van der Waals surface area (Å²) in [7, 11) is -1.18. The van der Waals surface area contributed by atoms with Gasteiger partial charge >= 0.3 is 14.6 Å². The quantitative estimate of drug-likeness (QED) is 0.400. The molecule has 0 atom stereocenters. The van der Waals surface area contributed by atoms with E-state index in [2.05, 4.69) is 0 Å². The SMILES string of the molecule is CC(C)C(=O)OCCOP1OCCO1. The number of ether oxygens (including phenoxy) is 1. The Morgan fingerprint density at radius 1 is 1.36 bits per heavy atom. The Morgan fingerprint density at radius 2 is 2.00 bits per heavy atom. The molecule has 0 radical (unpaired) electrons. The van der Waals surface area contributed by atoms with Crippen LogP contribution in [0.3, 0.4) is 0 Å². The maximum atomic E-state index is 11.0. The molecule has 1 saturated heterocycles. The largest absolute Gasteiger partial charge is 0.463 e. The fraction of sp³-hybridized carbons (Fsp3) is 0.875. The predicted octanol–water partition coefficient (Wildman–Crippen LogP) is 1.48. The minimum atomic E-state index is -1.18. The zero-order valence-electron chi connectivity index (χ0n) is 8.39. The Morgan fingerprint density at radius 3 is 2.57 bits per heavy atom.